The lowest BCUT2D eigenvalue weighted by atomic mass is 10.2. The van der Waals surface area contributed by atoms with Gasteiger partial charge in [-0.05, 0) is 30.7 Å². The number of hydrogen-bond acceptors (Lipinski definition) is 6. The zero-order valence-electron chi connectivity index (χ0n) is 13.6. The van der Waals surface area contributed by atoms with E-state index in [0.717, 1.165) is 6.42 Å². The minimum absolute atomic E-state index is 0.00290. The second-order valence-corrected chi connectivity index (χ2v) is 4.92. The van der Waals surface area contributed by atoms with Crippen LogP contribution in [0.15, 0.2) is 54.6 Å². The van der Waals surface area contributed by atoms with E-state index in [9.17, 15) is 14.4 Å². The lowest BCUT2D eigenvalue weighted by Crippen LogP contribution is -2.28. The van der Waals surface area contributed by atoms with Crippen molar-refractivity contribution in [1.82, 2.24) is 5.32 Å². The van der Waals surface area contributed by atoms with E-state index in [1.165, 1.54) is 24.3 Å². The molecular formula is C18H17NO6. The molecule has 2 rings (SSSR count). The molecule has 1 amide bonds. The third-order valence-electron chi connectivity index (χ3n) is 3.03. The maximum absolute atomic E-state index is 12.1. The van der Waals surface area contributed by atoms with Gasteiger partial charge in [-0.15, -0.1) is 0 Å². The Bertz CT molecular complexity index is 744. The van der Waals surface area contributed by atoms with Gasteiger partial charge in [-0.2, -0.15) is 0 Å². The third-order valence-corrected chi connectivity index (χ3v) is 3.03. The van der Waals surface area contributed by atoms with Crippen molar-refractivity contribution in [2.45, 2.75) is 13.3 Å². The van der Waals surface area contributed by atoms with Crippen molar-refractivity contribution in [3.05, 3.63) is 65.7 Å². The molecule has 0 heterocycles. The number of para-hydroxylation sites is 1. The van der Waals surface area contributed by atoms with Crippen LogP contribution in [-0.2, 0) is 9.78 Å². The van der Waals surface area contributed by atoms with Crippen molar-refractivity contribution in [3.63, 3.8) is 0 Å². The molecule has 0 bridgehead atoms. The Balaban J connectivity index is 1.99. The number of nitrogens with one attached hydrogen (secondary N) is 1. The molecule has 0 atom stereocenters. The Kier molecular flexibility index (Phi) is 6.53. The number of rotatable bonds is 5. The molecular weight excluding hydrogens is 326 g/mol. The van der Waals surface area contributed by atoms with Gasteiger partial charge in [0, 0.05) is 6.54 Å². The Morgan fingerprint density at radius 3 is 2.24 bits per heavy atom. The largest absolute Gasteiger partial charge is 0.412 e. The normalized spacial score (nSPS) is 9.80. The maximum atomic E-state index is 12.1. The van der Waals surface area contributed by atoms with E-state index < -0.39 is 18.0 Å². The molecule has 7 nitrogen and oxygen atoms in total. The molecule has 1 N–H and O–H groups in total. The minimum Gasteiger partial charge on any atom is -0.409 e. The number of carbonyl (C=O) groups is 3. The summed E-state index contributed by atoms with van der Waals surface area (Å²) in [6, 6.07) is 14.0. The van der Waals surface area contributed by atoms with Crippen LogP contribution in [0.4, 0.5) is 4.79 Å². The summed E-state index contributed by atoms with van der Waals surface area (Å²) in [6.07, 6.45) is 0.0530. The molecule has 0 aliphatic carbocycles. The van der Waals surface area contributed by atoms with Crippen molar-refractivity contribution in [3.8, 4) is 5.75 Å². The average molecular weight is 343 g/mol. The zero-order chi connectivity index (χ0) is 18.1. The van der Waals surface area contributed by atoms with Crippen LogP contribution in [0.2, 0.25) is 0 Å². The van der Waals surface area contributed by atoms with Gasteiger partial charge in [0.15, 0.2) is 0 Å². The van der Waals surface area contributed by atoms with Crippen molar-refractivity contribution >= 4 is 18.0 Å². The number of carbonyl (C=O) groups excluding carboxylic acids is 3. The van der Waals surface area contributed by atoms with Gasteiger partial charge in [0.25, 0.3) is 0 Å². The van der Waals surface area contributed by atoms with Gasteiger partial charge in [-0.25, -0.2) is 24.2 Å². The Hall–Kier alpha value is -3.35. The predicted molar refractivity (Wildman–Crippen MR) is 88.0 cm³/mol. The molecule has 0 aliphatic heterocycles. The summed E-state index contributed by atoms with van der Waals surface area (Å²) < 4.78 is 5.07. The van der Waals surface area contributed by atoms with Gasteiger partial charge >= 0.3 is 18.0 Å². The standard InChI is InChI=1S/C18H17NO6/c1-2-12-19-18(22)23-15-11-7-6-10-14(15)17(21)25-24-16(20)13-8-4-3-5-9-13/h3-11H,2,12H2,1H3,(H,19,22). The molecule has 0 unspecified atom stereocenters. The van der Waals surface area contributed by atoms with Crippen LogP contribution < -0.4 is 10.1 Å². The van der Waals surface area contributed by atoms with Crippen LogP contribution in [0.5, 0.6) is 5.75 Å². The van der Waals surface area contributed by atoms with Crippen LogP contribution in [0.1, 0.15) is 34.1 Å². The molecule has 0 radical (unpaired) electrons. The quantitative estimate of drug-likeness (QED) is 0.662. The highest BCUT2D eigenvalue weighted by Crippen LogP contribution is 2.19. The molecule has 2 aromatic carbocycles. The van der Waals surface area contributed by atoms with Gasteiger partial charge in [0.2, 0.25) is 0 Å². The summed E-state index contributed by atoms with van der Waals surface area (Å²) >= 11 is 0. The SMILES string of the molecule is CCCNC(=O)Oc1ccccc1C(=O)OOC(=O)c1ccccc1. The van der Waals surface area contributed by atoms with E-state index in [4.69, 9.17) is 4.74 Å². The molecule has 0 aromatic heterocycles. The lowest BCUT2D eigenvalue weighted by molar-refractivity contribution is -0.187. The summed E-state index contributed by atoms with van der Waals surface area (Å²) in [6.45, 7) is 2.34. The smallest absolute Gasteiger partial charge is 0.409 e. The Morgan fingerprint density at radius 1 is 0.880 bits per heavy atom. The van der Waals surface area contributed by atoms with Crippen LogP contribution in [0.3, 0.4) is 0 Å². The van der Waals surface area contributed by atoms with Gasteiger partial charge < -0.3 is 10.1 Å². The van der Waals surface area contributed by atoms with E-state index in [-0.39, 0.29) is 16.9 Å². The van der Waals surface area contributed by atoms with Crippen LogP contribution in [-0.4, -0.2) is 24.6 Å². The first-order chi connectivity index (χ1) is 12.1. The fourth-order valence-electron chi connectivity index (χ4n) is 1.83. The first-order valence-corrected chi connectivity index (χ1v) is 7.64. The highest BCUT2D eigenvalue weighted by atomic mass is 17.2. The Morgan fingerprint density at radius 2 is 1.52 bits per heavy atom. The number of benzene rings is 2. The van der Waals surface area contributed by atoms with Crippen LogP contribution in [0.25, 0.3) is 0 Å². The van der Waals surface area contributed by atoms with Gasteiger partial charge in [-0.1, -0.05) is 37.3 Å². The molecule has 0 fully saturated rings. The summed E-state index contributed by atoms with van der Waals surface area (Å²) in [7, 11) is 0. The second-order valence-electron chi connectivity index (χ2n) is 4.92. The Labute approximate surface area is 144 Å². The van der Waals surface area contributed by atoms with Crippen LogP contribution >= 0.6 is 0 Å². The zero-order valence-corrected chi connectivity index (χ0v) is 13.6. The van der Waals surface area contributed by atoms with Crippen molar-refractivity contribution < 1.29 is 28.9 Å². The molecule has 0 aliphatic rings. The van der Waals surface area contributed by atoms with Gasteiger partial charge in [0.05, 0.1) is 5.56 Å². The third kappa shape index (κ3) is 5.35. The summed E-state index contributed by atoms with van der Waals surface area (Å²) in [5.41, 5.74) is 0.189. The highest BCUT2D eigenvalue weighted by Gasteiger charge is 2.19. The molecule has 2 aromatic rings. The van der Waals surface area contributed by atoms with Crippen molar-refractivity contribution in [2.24, 2.45) is 0 Å². The lowest BCUT2D eigenvalue weighted by Gasteiger charge is -2.09. The topological polar surface area (TPSA) is 90.9 Å². The molecule has 130 valence electrons. The molecule has 0 saturated carbocycles. The van der Waals surface area contributed by atoms with Crippen molar-refractivity contribution in [2.75, 3.05) is 6.54 Å². The highest BCUT2D eigenvalue weighted by molar-refractivity contribution is 5.94. The number of hydrogen-bond donors (Lipinski definition) is 1. The average Bonchev–Trinajstić information content (AvgIpc) is 2.65. The van der Waals surface area contributed by atoms with E-state index in [1.54, 1.807) is 30.3 Å². The van der Waals surface area contributed by atoms with Crippen LogP contribution in [0, 0.1) is 0 Å². The second kappa shape index (κ2) is 9.07. The molecule has 0 saturated heterocycles. The van der Waals surface area contributed by atoms with Gasteiger partial charge in [0.1, 0.15) is 11.3 Å². The first-order valence-electron chi connectivity index (χ1n) is 7.64. The maximum Gasteiger partial charge on any atom is 0.412 e. The van der Waals surface area contributed by atoms with E-state index >= 15 is 0 Å². The fraction of sp³-hybridized carbons (Fsp3) is 0.167. The predicted octanol–water partition coefficient (Wildman–Crippen LogP) is 3.11. The minimum atomic E-state index is -0.955. The molecule has 0 spiro atoms. The monoisotopic (exact) mass is 343 g/mol. The fourth-order valence-corrected chi connectivity index (χ4v) is 1.83. The van der Waals surface area contributed by atoms with E-state index in [1.807, 2.05) is 6.92 Å². The van der Waals surface area contributed by atoms with Gasteiger partial charge in [-0.3, -0.25) is 0 Å². The van der Waals surface area contributed by atoms with Crippen molar-refractivity contribution in [1.29, 1.82) is 0 Å². The van der Waals surface area contributed by atoms with E-state index in [0.29, 0.717) is 6.54 Å². The van der Waals surface area contributed by atoms with E-state index in [2.05, 4.69) is 15.1 Å². The molecule has 25 heavy (non-hydrogen) atoms. The first kappa shape index (κ1) is 18.0. The number of amides is 1. The number of ether oxygens (including phenoxy) is 1. The summed E-state index contributed by atoms with van der Waals surface area (Å²) in [5.74, 6) is -1.77. The summed E-state index contributed by atoms with van der Waals surface area (Å²) in [4.78, 5) is 44.6. The summed E-state index contributed by atoms with van der Waals surface area (Å²) in [5, 5.41) is 2.52. The molecule has 7 heteroatoms.